The molecule has 0 fully saturated rings. The van der Waals surface area contributed by atoms with Gasteiger partial charge in [0.15, 0.2) is 0 Å². The zero-order valence-corrected chi connectivity index (χ0v) is 16.2. The average Bonchev–Trinajstić information content (AvgIpc) is 2.97. The van der Waals surface area contributed by atoms with Gasteiger partial charge in [-0.3, -0.25) is 4.79 Å². The molecule has 4 aromatic rings. The van der Waals surface area contributed by atoms with Crippen LogP contribution in [-0.2, 0) is 6.18 Å². The fraction of sp³-hybridized carbons (Fsp3) is 0.0435. The van der Waals surface area contributed by atoms with E-state index in [4.69, 9.17) is 11.6 Å². The van der Waals surface area contributed by atoms with E-state index < -0.39 is 11.7 Å². The minimum Gasteiger partial charge on any atom is -0.288 e. The monoisotopic (exact) mass is 426 g/mol. The Kier molecular flexibility index (Phi) is 5.18. The highest BCUT2D eigenvalue weighted by Crippen LogP contribution is 2.29. The fourth-order valence-electron chi connectivity index (χ4n) is 3.10. The van der Waals surface area contributed by atoms with Gasteiger partial charge in [0, 0.05) is 10.4 Å². The van der Waals surface area contributed by atoms with Crippen molar-refractivity contribution in [2.24, 2.45) is 0 Å². The van der Waals surface area contributed by atoms with E-state index in [1.807, 2.05) is 0 Å². The minimum absolute atomic E-state index is 0.211. The number of aromatic nitrogens is 2. The van der Waals surface area contributed by atoms with Gasteiger partial charge in [0.1, 0.15) is 5.52 Å². The third kappa shape index (κ3) is 4.00. The van der Waals surface area contributed by atoms with Crippen LogP contribution in [0.4, 0.5) is 13.2 Å². The summed E-state index contributed by atoms with van der Waals surface area (Å²) in [5, 5.41) is 5.68. The number of rotatable bonds is 3. The highest BCUT2D eigenvalue weighted by atomic mass is 35.5. The van der Waals surface area contributed by atoms with E-state index in [0.717, 1.165) is 12.1 Å². The third-order valence-electron chi connectivity index (χ3n) is 4.53. The molecule has 0 atom stereocenters. The number of fused-ring (bicyclic) bond motifs is 1. The predicted octanol–water partition coefficient (Wildman–Crippen LogP) is 6.23. The van der Waals surface area contributed by atoms with Gasteiger partial charge in [-0.2, -0.15) is 18.3 Å². The van der Waals surface area contributed by atoms with Crippen molar-refractivity contribution in [3.8, 4) is 5.69 Å². The summed E-state index contributed by atoms with van der Waals surface area (Å²) in [6.45, 7) is 0. The van der Waals surface area contributed by atoms with Gasteiger partial charge in [-0.1, -0.05) is 54.1 Å². The molecule has 0 unspecified atom stereocenters. The van der Waals surface area contributed by atoms with Crippen LogP contribution in [0, 0.1) is 0 Å². The summed E-state index contributed by atoms with van der Waals surface area (Å²) in [6, 6.07) is 18.4. The molecule has 0 radical (unpaired) electrons. The summed E-state index contributed by atoms with van der Waals surface area (Å²) in [7, 11) is 0. The molecule has 1 aromatic heterocycles. The van der Waals surface area contributed by atoms with E-state index in [2.05, 4.69) is 5.10 Å². The molecule has 0 spiro atoms. The fourth-order valence-corrected chi connectivity index (χ4v) is 3.28. The van der Waals surface area contributed by atoms with Gasteiger partial charge in [-0.25, -0.2) is 4.68 Å². The average molecular weight is 427 g/mol. The van der Waals surface area contributed by atoms with E-state index in [9.17, 15) is 18.0 Å². The van der Waals surface area contributed by atoms with Crippen molar-refractivity contribution in [2.75, 3.05) is 0 Å². The molecule has 0 aliphatic carbocycles. The molecule has 3 aromatic carbocycles. The van der Waals surface area contributed by atoms with E-state index in [1.54, 1.807) is 54.6 Å². The van der Waals surface area contributed by atoms with E-state index in [0.29, 0.717) is 32.9 Å². The second-order valence-corrected chi connectivity index (χ2v) is 7.01. The lowest BCUT2D eigenvalue weighted by molar-refractivity contribution is -0.137. The van der Waals surface area contributed by atoms with Crippen molar-refractivity contribution in [3.05, 3.63) is 105 Å². The van der Waals surface area contributed by atoms with Gasteiger partial charge in [0.2, 0.25) is 5.43 Å². The zero-order valence-electron chi connectivity index (χ0n) is 15.4. The first-order chi connectivity index (χ1) is 14.3. The first kappa shape index (κ1) is 19.9. The summed E-state index contributed by atoms with van der Waals surface area (Å²) >= 11 is 6.09. The van der Waals surface area contributed by atoms with Crippen LogP contribution in [0.2, 0.25) is 5.02 Å². The molecule has 0 N–H and O–H groups in total. The van der Waals surface area contributed by atoms with Crippen molar-refractivity contribution in [1.29, 1.82) is 0 Å². The largest absolute Gasteiger partial charge is 0.416 e. The van der Waals surface area contributed by atoms with E-state index in [1.165, 1.54) is 22.9 Å². The molecule has 3 nitrogen and oxygen atoms in total. The normalized spacial score (nSPS) is 12.0. The highest BCUT2D eigenvalue weighted by molar-refractivity contribution is 6.30. The highest BCUT2D eigenvalue weighted by Gasteiger charge is 2.29. The van der Waals surface area contributed by atoms with Crippen LogP contribution in [0.15, 0.2) is 77.6 Å². The Labute approximate surface area is 174 Å². The lowest BCUT2D eigenvalue weighted by Gasteiger charge is -2.05. The summed E-state index contributed by atoms with van der Waals surface area (Å²) in [5.74, 6) is 0. The van der Waals surface area contributed by atoms with Crippen molar-refractivity contribution in [3.63, 3.8) is 0 Å². The van der Waals surface area contributed by atoms with Gasteiger partial charge in [0.05, 0.1) is 16.9 Å². The second kappa shape index (κ2) is 7.80. The quantitative estimate of drug-likeness (QED) is 0.389. The number of benzene rings is 2. The van der Waals surface area contributed by atoms with Crippen LogP contribution < -0.4 is 5.43 Å². The van der Waals surface area contributed by atoms with Crippen LogP contribution in [0.5, 0.6) is 0 Å². The summed E-state index contributed by atoms with van der Waals surface area (Å²) < 4.78 is 39.7. The maximum absolute atomic E-state index is 12.7. The number of nitrogens with zero attached hydrogens (tertiary/aromatic N) is 2. The molecule has 1 heterocycles. The molecule has 0 saturated carbocycles. The van der Waals surface area contributed by atoms with Gasteiger partial charge in [-0.05, 0) is 48.0 Å². The first-order valence-electron chi connectivity index (χ1n) is 8.96. The SMILES string of the molecule is O=c1ccccc2c(/C=C/c3ccc(C(F)(F)F)cc3)nn(-c3cccc(Cl)c3)c12. The molecule has 0 saturated heterocycles. The molecule has 4 rings (SSSR count). The Morgan fingerprint density at radius 1 is 0.900 bits per heavy atom. The Morgan fingerprint density at radius 2 is 1.63 bits per heavy atom. The molecule has 0 amide bonds. The molecule has 30 heavy (non-hydrogen) atoms. The zero-order chi connectivity index (χ0) is 21.3. The van der Waals surface area contributed by atoms with Crippen LogP contribution in [0.25, 0.3) is 28.7 Å². The minimum atomic E-state index is -4.38. The summed E-state index contributed by atoms with van der Waals surface area (Å²) in [6.07, 6.45) is -1.05. The number of hydrogen-bond acceptors (Lipinski definition) is 2. The van der Waals surface area contributed by atoms with E-state index in [-0.39, 0.29) is 5.43 Å². The lowest BCUT2D eigenvalue weighted by Crippen LogP contribution is -2.04. The van der Waals surface area contributed by atoms with Crippen molar-refractivity contribution >= 4 is 34.7 Å². The maximum Gasteiger partial charge on any atom is 0.416 e. The molecule has 0 bridgehead atoms. The second-order valence-electron chi connectivity index (χ2n) is 6.57. The Bertz CT molecular complexity index is 1310. The number of halogens is 4. The van der Waals surface area contributed by atoms with Crippen LogP contribution >= 0.6 is 11.6 Å². The van der Waals surface area contributed by atoms with E-state index >= 15 is 0 Å². The van der Waals surface area contributed by atoms with Gasteiger partial charge < -0.3 is 0 Å². The molecule has 0 aliphatic rings. The standard InChI is InChI=1S/C23H14ClF3N2O/c24-17-4-3-5-18(14-17)29-22-19(6-1-2-7-21(22)30)20(28-29)13-10-15-8-11-16(12-9-15)23(25,26)27/h1-14H/b13-10+. The first-order valence-corrected chi connectivity index (χ1v) is 9.34. The van der Waals surface area contributed by atoms with Gasteiger partial charge in [0.25, 0.3) is 0 Å². The maximum atomic E-state index is 12.7. The number of hydrogen-bond donors (Lipinski definition) is 0. The smallest absolute Gasteiger partial charge is 0.288 e. The van der Waals surface area contributed by atoms with Crippen LogP contribution in [0.3, 0.4) is 0 Å². The Morgan fingerprint density at radius 3 is 2.33 bits per heavy atom. The Hall–Kier alpha value is -3.38. The van der Waals surface area contributed by atoms with Gasteiger partial charge in [-0.15, -0.1) is 0 Å². The summed E-state index contributed by atoms with van der Waals surface area (Å²) in [4.78, 5) is 12.7. The van der Waals surface area contributed by atoms with Crippen LogP contribution in [-0.4, -0.2) is 9.78 Å². The van der Waals surface area contributed by atoms with Crippen LogP contribution in [0.1, 0.15) is 16.8 Å². The topological polar surface area (TPSA) is 34.9 Å². The van der Waals surface area contributed by atoms with Crippen molar-refractivity contribution in [1.82, 2.24) is 9.78 Å². The molecule has 0 aliphatic heterocycles. The number of alkyl halides is 3. The molecule has 7 heteroatoms. The Balaban J connectivity index is 1.82. The third-order valence-corrected chi connectivity index (χ3v) is 4.77. The molecular formula is C23H14ClF3N2O. The molecule has 150 valence electrons. The van der Waals surface area contributed by atoms with Crippen molar-refractivity contribution in [2.45, 2.75) is 6.18 Å². The van der Waals surface area contributed by atoms with Gasteiger partial charge >= 0.3 is 6.18 Å². The molecular weight excluding hydrogens is 413 g/mol. The summed E-state index contributed by atoms with van der Waals surface area (Å²) in [5.41, 5.74) is 1.18. The predicted molar refractivity (Wildman–Crippen MR) is 113 cm³/mol. The lowest BCUT2D eigenvalue weighted by atomic mass is 10.1. The van der Waals surface area contributed by atoms with Crippen molar-refractivity contribution < 1.29 is 13.2 Å².